The Morgan fingerprint density at radius 2 is 1.75 bits per heavy atom. The minimum absolute atomic E-state index is 0.365. The van der Waals surface area contributed by atoms with Crippen LogP contribution in [0, 0.1) is 11.3 Å². The van der Waals surface area contributed by atoms with Crippen LogP contribution in [0.3, 0.4) is 0 Å². The molecule has 116 valence electrons. The maximum Gasteiger partial charge on any atom is 0.353 e. The molecule has 24 heavy (non-hydrogen) atoms. The number of allylic oxidation sites excluding steroid dienone is 1. The van der Waals surface area contributed by atoms with Crippen LogP contribution in [0.2, 0.25) is 0 Å². The Morgan fingerprint density at radius 1 is 1.00 bits per heavy atom. The van der Waals surface area contributed by atoms with E-state index in [-0.39, 0.29) is 5.97 Å². The molecule has 0 atom stereocenters. The van der Waals surface area contributed by atoms with Crippen molar-refractivity contribution in [3.63, 3.8) is 0 Å². The lowest BCUT2D eigenvalue weighted by Crippen LogP contribution is -2.05. The van der Waals surface area contributed by atoms with Gasteiger partial charge in [-0.15, -0.1) is 11.3 Å². The Balaban J connectivity index is 1.76. The molecule has 3 rings (SSSR count). The molecule has 0 bridgehead atoms. The summed E-state index contributed by atoms with van der Waals surface area (Å²) in [7, 11) is 0. The molecular formula is C20H13NO2S. The van der Waals surface area contributed by atoms with Crippen molar-refractivity contribution in [2.75, 3.05) is 0 Å². The van der Waals surface area contributed by atoms with E-state index in [0.717, 1.165) is 11.1 Å². The van der Waals surface area contributed by atoms with E-state index in [9.17, 15) is 10.1 Å². The highest BCUT2D eigenvalue weighted by Crippen LogP contribution is 2.20. The number of nitriles is 1. The normalized spacial score (nSPS) is 10.9. The topological polar surface area (TPSA) is 50.1 Å². The zero-order valence-corrected chi connectivity index (χ0v) is 13.5. The molecule has 3 nitrogen and oxygen atoms in total. The second-order valence-electron chi connectivity index (χ2n) is 4.97. The summed E-state index contributed by atoms with van der Waals surface area (Å²) in [6.45, 7) is 0. The first-order valence-electron chi connectivity index (χ1n) is 7.29. The van der Waals surface area contributed by atoms with Crippen molar-refractivity contribution < 1.29 is 9.53 Å². The molecule has 0 aliphatic carbocycles. The molecule has 0 radical (unpaired) electrons. The largest absolute Gasteiger partial charge is 0.422 e. The summed E-state index contributed by atoms with van der Waals surface area (Å²) < 4.78 is 5.32. The van der Waals surface area contributed by atoms with Crippen LogP contribution < -0.4 is 4.74 Å². The standard InChI is InChI=1S/C20H13NO2S/c21-14-17(16-5-2-1-3-6-16)13-15-8-10-18(11-9-15)23-20(22)19-7-4-12-24-19/h1-13H/b17-13-. The number of rotatable bonds is 4. The monoisotopic (exact) mass is 331 g/mol. The van der Waals surface area contributed by atoms with Gasteiger partial charge in [0.25, 0.3) is 0 Å². The fraction of sp³-hybridized carbons (Fsp3) is 0. The fourth-order valence-electron chi connectivity index (χ4n) is 2.15. The molecule has 0 fully saturated rings. The molecule has 2 aromatic carbocycles. The smallest absolute Gasteiger partial charge is 0.353 e. The third kappa shape index (κ3) is 3.78. The van der Waals surface area contributed by atoms with Gasteiger partial charge in [-0.2, -0.15) is 5.26 Å². The Hall–Kier alpha value is -3.16. The lowest BCUT2D eigenvalue weighted by Gasteiger charge is -2.04. The highest BCUT2D eigenvalue weighted by molar-refractivity contribution is 7.12. The van der Waals surface area contributed by atoms with E-state index in [1.807, 2.05) is 53.9 Å². The molecule has 0 amide bonds. The van der Waals surface area contributed by atoms with Crippen molar-refractivity contribution in [1.29, 1.82) is 5.26 Å². The van der Waals surface area contributed by atoms with Gasteiger partial charge >= 0.3 is 5.97 Å². The Labute approximate surface area is 144 Å². The maximum absolute atomic E-state index is 11.9. The van der Waals surface area contributed by atoms with Crippen LogP contribution >= 0.6 is 11.3 Å². The first-order valence-corrected chi connectivity index (χ1v) is 8.17. The summed E-state index contributed by atoms with van der Waals surface area (Å²) in [6, 6.07) is 22.3. The second-order valence-corrected chi connectivity index (χ2v) is 5.92. The summed E-state index contributed by atoms with van der Waals surface area (Å²) in [6.07, 6.45) is 1.81. The van der Waals surface area contributed by atoms with Crippen LogP contribution in [0.15, 0.2) is 72.1 Å². The Kier molecular flexibility index (Phi) is 4.85. The van der Waals surface area contributed by atoms with Crippen molar-refractivity contribution in [2.45, 2.75) is 0 Å². The maximum atomic E-state index is 11.9. The third-order valence-electron chi connectivity index (χ3n) is 3.33. The number of nitrogens with zero attached hydrogens (tertiary/aromatic N) is 1. The van der Waals surface area contributed by atoms with Crippen molar-refractivity contribution in [2.24, 2.45) is 0 Å². The average Bonchev–Trinajstić information content (AvgIpc) is 3.16. The van der Waals surface area contributed by atoms with Gasteiger partial charge in [0.2, 0.25) is 0 Å². The lowest BCUT2D eigenvalue weighted by molar-refractivity contribution is 0.0740. The first kappa shape index (κ1) is 15.7. The van der Waals surface area contributed by atoms with Crippen LogP contribution in [0.5, 0.6) is 5.75 Å². The number of ether oxygens (including phenoxy) is 1. The quantitative estimate of drug-likeness (QED) is 0.291. The Bertz CT molecular complexity index is 889. The van der Waals surface area contributed by atoms with Crippen LogP contribution in [-0.2, 0) is 0 Å². The zero-order chi connectivity index (χ0) is 16.8. The van der Waals surface area contributed by atoms with E-state index in [1.54, 1.807) is 24.3 Å². The van der Waals surface area contributed by atoms with Crippen molar-refractivity contribution in [3.8, 4) is 11.8 Å². The minimum atomic E-state index is -0.365. The minimum Gasteiger partial charge on any atom is -0.422 e. The van der Waals surface area contributed by atoms with E-state index in [2.05, 4.69) is 6.07 Å². The number of hydrogen-bond acceptors (Lipinski definition) is 4. The van der Waals surface area contributed by atoms with Gasteiger partial charge in [0.1, 0.15) is 10.6 Å². The van der Waals surface area contributed by atoms with Gasteiger partial charge in [-0.1, -0.05) is 48.5 Å². The van der Waals surface area contributed by atoms with E-state index in [4.69, 9.17) is 4.74 Å². The number of esters is 1. The molecule has 1 heterocycles. The number of benzene rings is 2. The van der Waals surface area contributed by atoms with E-state index >= 15 is 0 Å². The number of hydrogen-bond donors (Lipinski definition) is 0. The molecule has 0 aliphatic heterocycles. The number of carbonyl (C=O) groups is 1. The summed E-state index contributed by atoms with van der Waals surface area (Å²) in [5.74, 6) is 0.110. The third-order valence-corrected chi connectivity index (χ3v) is 4.18. The van der Waals surface area contributed by atoms with Gasteiger partial charge in [-0.3, -0.25) is 0 Å². The van der Waals surface area contributed by atoms with Gasteiger partial charge in [0.05, 0.1) is 11.6 Å². The van der Waals surface area contributed by atoms with Gasteiger partial charge in [0.15, 0.2) is 0 Å². The number of thiophene rings is 1. The summed E-state index contributed by atoms with van der Waals surface area (Å²) in [5.41, 5.74) is 2.32. The molecule has 3 aromatic rings. The second kappa shape index (κ2) is 7.40. The fourth-order valence-corrected chi connectivity index (χ4v) is 2.75. The van der Waals surface area contributed by atoms with E-state index in [0.29, 0.717) is 16.2 Å². The molecular weight excluding hydrogens is 318 g/mol. The van der Waals surface area contributed by atoms with Crippen molar-refractivity contribution >= 4 is 29.0 Å². The molecule has 0 unspecified atom stereocenters. The van der Waals surface area contributed by atoms with Gasteiger partial charge < -0.3 is 4.74 Å². The average molecular weight is 331 g/mol. The van der Waals surface area contributed by atoms with Gasteiger partial charge in [-0.05, 0) is 40.8 Å². The van der Waals surface area contributed by atoms with Crippen LogP contribution in [0.1, 0.15) is 20.8 Å². The number of carbonyl (C=O) groups excluding carboxylic acids is 1. The molecule has 0 spiro atoms. The lowest BCUT2D eigenvalue weighted by atomic mass is 10.0. The highest BCUT2D eigenvalue weighted by atomic mass is 32.1. The van der Waals surface area contributed by atoms with Gasteiger partial charge in [0, 0.05) is 0 Å². The van der Waals surface area contributed by atoms with Crippen LogP contribution in [0.25, 0.3) is 11.6 Å². The molecule has 4 heteroatoms. The van der Waals surface area contributed by atoms with Crippen LogP contribution in [0.4, 0.5) is 0 Å². The summed E-state index contributed by atoms with van der Waals surface area (Å²) >= 11 is 1.34. The van der Waals surface area contributed by atoms with Crippen molar-refractivity contribution in [1.82, 2.24) is 0 Å². The van der Waals surface area contributed by atoms with E-state index in [1.165, 1.54) is 11.3 Å². The van der Waals surface area contributed by atoms with Crippen LogP contribution in [-0.4, -0.2) is 5.97 Å². The van der Waals surface area contributed by atoms with Crippen molar-refractivity contribution in [3.05, 3.63) is 88.1 Å². The first-order chi connectivity index (χ1) is 11.8. The molecule has 0 saturated heterocycles. The van der Waals surface area contributed by atoms with E-state index < -0.39 is 0 Å². The molecule has 1 aromatic heterocycles. The van der Waals surface area contributed by atoms with Gasteiger partial charge in [-0.25, -0.2) is 4.79 Å². The Morgan fingerprint density at radius 3 is 2.38 bits per heavy atom. The summed E-state index contributed by atoms with van der Waals surface area (Å²) in [4.78, 5) is 12.5. The molecule has 0 saturated carbocycles. The predicted octanol–water partition coefficient (Wildman–Crippen LogP) is 5.03. The molecule has 0 aliphatic rings. The zero-order valence-electron chi connectivity index (χ0n) is 12.7. The predicted molar refractivity (Wildman–Crippen MR) is 95.6 cm³/mol. The SMILES string of the molecule is N#C/C(=C/c1ccc(OC(=O)c2cccs2)cc1)c1ccccc1. The molecule has 0 N–H and O–H groups in total. The summed E-state index contributed by atoms with van der Waals surface area (Å²) in [5, 5.41) is 11.2. The highest BCUT2D eigenvalue weighted by Gasteiger charge is 2.09.